The number of halogens is 1. The van der Waals surface area contributed by atoms with E-state index < -0.39 is 12.2 Å². The molecule has 0 fully saturated rings. The highest BCUT2D eigenvalue weighted by atomic mass is 127. The first-order valence-electron chi connectivity index (χ1n) is 9.49. The van der Waals surface area contributed by atoms with Crippen molar-refractivity contribution in [2.45, 2.75) is 58.7 Å². The summed E-state index contributed by atoms with van der Waals surface area (Å²) in [6.07, 6.45) is 6.91. The normalized spacial score (nSPS) is 17.4. The molecule has 0 unspecified atom stereocenters. The van der Waals surface area contributed by atoms with Gasteiger partial charge in [0.1, 0.15) is 0 Å². The van der Waals surface area contributed by atoms with Gasteiger partial charge in [-0.2, -0.15) is 0 Å². The number of aliphatic hydroxyl groups excluding tert-OH is 2. The van der Waals surface area contributed by atoms with Gasteiger partial charge in [0.25, 0.3) is 0 Å². The molecule has 0 saturated heterocycles. The minimum atomic E-state index is -0.476. The number of aliphatic hydroxyl groups is 2. The van der Waals surface area contributed by atoms with Crippen molar-refractivity contribution >= 4 is 36.0 Å². The maximum absolute atomic E-state index is 10.0. The van der Waals surface area contributed by atoms with Crippen LogP contribution in [0.15, 0.2) is 56.9 Å². The van der Waals surface area contributed by atoms with E-state index in [1.807, 2.05) is 0 Å². The van der Waals surface area contributed by atoms with Crippen LogP contribution in [0.1, 0.15) is 44.2 Å². The number of rotatable bonds is 10. The zero-order valence-corrected chi connectivity index (χ0v) is 19.5. The highest BCUT2D eigenvalue weighted by Gasteiger charge is 2.16. The first-order valence-corrected chi connectivity index (χ1v) is 12.6. The average molecular weight is 498 g/mol. The molecule has 1 aromatic carbocycles. The van der Waals surface area contributed by atoms with E-state index in [2.05, 4.69) is 60.9 Å². The number of hydrogen-bond donors (Lipinski definition) is 2. The van der Waals surface area contributed by atoms with Crippen molar-refractivity contribution in [3.8, 4) is 0 Å². The van der Waals surface area contributed by atoms with Gasteiger partial charge in [-0.15, -0.1) is 0 Å². The molecule has 0 radical (unpaired) electrons. The lowest BCUT2D eigenvalue weighted by molar-refractivity contribution is 0.0791. The van der Waals surface area contributed by atoms with Gasteiger partial charge in [0.05, 0.1) is 12.2 Å². The van der Waals surface area contributed by atoms with Crippen LogP contribution in [0.3, 0.4) is 0 Å². The van der Waals surface area contributed by atoms with Crippen LogP contribution < -0.4 is 0 Å². The molecule has 148 valence electrons. The Hall–Kier alpha value is -0.690. The van der Waals surface area contributed by atoms with E-state index in [0.717, 1.165) is 17.7 Å². The van der Waals surface area contributed by atoms with E-state index in [-0.39, 0.29) is 26.6 Å². The molecule has 3 atom stereocenters. The molecule has 1 aromatic rings. The van der Waals surface area contributed by atoms with Gasteiger partial charge in [-0.05, 0) is 75.7 Å². The highest BCUT2D eigenvalue weighted by Crippen LogP contribution is 2.35. The third-order valence-electron chi connectivity index (χ3n) is 4.54. The Morgan fingerprint density at radius 1 is 1.11 bits per heavy atom. The maximum Gasteiger partial charge on any atom is 0.0570 e. The minimum absolute atomic E-state index is 0.000586. The van der Waals surface area contributed by atoms with Crippen LogP contribution >= 0.6 is 32.5 Å². The summed E-state index contributed by atoms with van der Waals surface area (Å²) in [7, 11) is 0. The Morgan fingerprint density at radius 2 is 1.81 bits per heavy atom. The largest absolute Gasteiger partial charge is 0.393 e. The number of benzene rings is 1. The maximum atomic E-state index is 10.0. The lowest BCUT2D eigenvalue weighted by Gasteiger charge is -2.20. The second-order valence-corrected chi connectivity index (χ2v) is 11.3. The molecule has 4 heteroatoms. The van der Waals surface area contributed by atoms with Crippen LogP contribution in [0.25, 0.3) is 0 Å². The summed E-state index contributed by atoms with van der Waals surface area (Å²) in [6, 6.07) is 8.83. The minimum Gasteiger partial charge on any atom is -0.393 e. The molecule has 2 nitrogen and oxygen atoms in total. The summed E-state index contributed by atoms with van der Waals surface area (Å²) in [5, 5.41) is 19.4. The first kappa shape index (κ1) is 22.6. The van der Waals surface area contributed by atoms with E-state index >= 15 is 0 Å². The zero-order valence-electron chi connectivity index (χ0n) is 16.5. The van der Waals surface area contributed by atoms with Crippen LogP contribution in [-0.2, 0) is 6.42 Å². The summed E-state index contributed by atoms with van der Waals surface area (Å²) >= 11 is 1.72. The van der Waals surface area contributed by atoms with Gasteiger partial charge in [-0.1, -0.05) is 75.8 Å². The van der Waals surface area contributed by atoms with Crippen LogP contribution in [0, 0.1) is 12.8 Å². The smallest absolute Gasteiger partial charge is 0.0570 e. The first-order chi connectivity index (χ1) is 12.8. The van der Waals surface area contributed by atoms with Gasteiger partial charge < -0.3 is 10.2 Å². The van der Waals surface area contributed by atoms with E-state index in [0.29, 0.717) is 12.8 Å². The monoisotopic (exact) mass is 498 g/mol. The number of hydrogen-bond acceptors (Lipinski definition) is 3. The summed E-state index contributed by atoms with van der Waals surface area (Å²) in [5.74, 6) is 0.214. The van der Waals surface area contributed by atoms with Crippen molar-refractivity contribution in [1.29, 1.82) is 0 Å². The quantitative estimate of drug-likeness (QED) is 0.396. The summed E-state index contributed by atoms with van der Waals surface area (Å²) in [5.41, 5.74) is 2.71. The molecule has 0 spiro atoms. The summed E-state index contributed by atoms with van der Waals surface area (Å²) in [4.78, 5) is 2.33. The summed E-state index contributed by atoms with van der Waals surface area (Å²) < 4.78 is 3.90. The standard InChI is InChI=1S/C23H31IO2S/c1-16-5-7-20(8-6-16)9-10-21-15-23(11-12-24-21)27-19(4)17(2)13-22(26)14-18(3)25/h5-8,11-12,15,17-18,22,25-26H,4,9-10,13-14H2,1-3H3/t17-,18-,22-/m1/s1. The molecule has 0 aliphatic carbocycles. The molecule has 0 bridgehead atoms. The number of allylic oxidation sites excluding steroid dienone is 3. The van der Waals surface area contributed by atoms with Gasteiger partial charge in [0.15, 0.2) is 0 Å². The fourth-order valence-corrected chi connectivity index (χ4v) is 6.42. The van der Waals surface area contributed by atoms with Gasteiger partial charge >= 0.3 is 0 Å². The Labute approximate surface area is 178 Å². The van der Waals surface area contributed by atoms with Crippen molar-refractivity contribution in [3.05, 3.63) is 68.0 Å². The molecule has 1 heterocycles. The van der Waals surface area contributed by atoms with Crippen molar-refractivity contribution in [1.82, 2.24) is 0 Å². The van der Waals surface area contributed by atoms with Gasteiger partial charge in [0.2, 0.25) is 0 Å². The van der Waals surface area contributed by atoms with Crippen LogP contribution in [0.2, 0.25) is 0 Å². The van der Waals surface area contributed by atoms with Gasteiger partial charge in [-0.3, -0.25) is 0 Å². The lowest BCUT2D eigenvalue weighted by Crippen LogP contribution is -2.18. The molecule has 0 saturated carbocycles. The number of thioether (sulfide) groups is 1. The van der Waals surface area contributed by atoms with Gasteiger partial charge in [-0.25, -0.2) is 0 Å². The zero-order chi connectivity index (χ0) is 19.8. The molecule has 0 aromatic heterocycles. The van der Waals surface area contributed by atoms with E-state index in [4.69, 9.17) is 0 Å². The third-order valence-corrected chi connectivity index (χ3v) is 8.06. The average Bonchev–Trinajstić information content (AvgIpc) is 2.60. The predicted octanol–water partition coefficient (Wildman–Crippen LogP) is 5.89. The predicted molar refractivity (Wildman–Crippen MR) is 129 cm³/mol. The Balaban J connectivity index is 1.85. The van der Waals surface area contributed by atoms with Gasteiger partial charge in [0, 0.05) is 4.91 Å². The molecule has 0 amide bonds. The molecular formula is C23H31IO2S. The van der Waals surface area contributed by atoms with Crippen molar-refractivity contribution in [3.63, 3.8) is 0 Å². The Morgan fingerprint density at radius 3 is 2.48 bits per heavy atom. The molecule has 2 rings (SSSR count). The third kappa shape index (κ3) is 8.46. The van der Waals surface area contributed by atoms with E-state index in [1.165, 1.54) is 16.0 Å². The topological polar surface area (TPSA) is 40.5 Å². The van der Waals surface area contributed by atoms with Crippen molar-refractivity contribution in [2.24, 2.45) is 5.92 Å². The highest BCUT2D eigenvalue weighted by molar-refractivity contribution is 14.2. The van der Waals surface area contributed by atoms with E-state index in [1.54, 1.807) is 22.2 Å². The lowest BCUT2D eigenvalue weighted by atomic mass is 10.00. The second kappa shape index (κ2) is 11.3. The molecule has 27 heavy (non-hydrogen) atoms. The van der Waals surface area contributed by atoms with E-state index in [9.17, 15) is 10.2 Å². The molecule has 1 aliphatic heterocycles. The molecular weight excluding hydrogens is 467 g/mol. The summed E-state index contributed by atoms with van der Waals surface area (Å²) in [6.45, 7) is 10.2. The molecule has 2 N–H and O–H groups in total. The van der Waals surface area contributed by atoms with Crippen LogP contribution in [0.5, 0.6) is 0 Å². The second-order valence-electron chi connectivity index (χ2n) is 7.32. The number of aryl methyl sites for hydroxylation is 2. The Kier molecular flexibility index (Phi) is 9.50. The fraction of sp³-hybridized carbons (Fsp3) is 0.435. The van der Waals surface area contributed by atoms with Crippen molar-refractivity contribution < 1.29 is 10.2 Å². The van der Waals surface area contributed by atoms with Crippen molar-refractivity contribution in [2.75, 3.05) is 0 Å². The molecule has 1 aliphatic rings. The SMILES string of the molecule is C=C(SC1=CC(CCc2ccc(C)cc2)=IC=C1)[C@H](C)C[C@@H](O)C[C@@H](C)O. The van der Waals surface area contributed by atoms with Crippen LogP contribution in [-0.4, -0.2) is 25.9 Å². The fourth-order valence-electron chi connectivity index (χ4n) is 2.90. The van der Waals surface area contributed by atoms with Crippen LogP contribution in [0.4, 0.5) is 0 Å². The Bertz CT molecular complexity index is 716.